The number of likely N-dealkylation sites (tertiary alicyclic amines) is 1. The maximum atomic E-state index is 12.8. The third kappa shape index (κ3) is 5.02. The molecule has 2 fully saturated rings. The van der Waals surface area contributed by atoms with Crippen LogP contribution in [0.1, 0.15) is 63.5 Å². The molecular weight excluding hydrogens is 340 g/mol. The Labute approximate surface area is 162 Å². The molecule has 148 valence electrons. The maximum Gasteiger partial charge on any atom is 0.263 e. The third-order valence-corrected chi connectivity index (χ3v) is 5.55. The zero-order valence-corrected chi connectivity index (χ0v) is 17.0. The Balaban J connectivity index is 1.57. The zero-order chi connectivity index (χ0) is 19.6. The number of nitrogens with zero attached hydrogens (tertiary/aromatic N) is 1. The van der Waals surface area contributed by atoms with Gasteiger partial charge in [0.05, 0.1) is 5.92 Å². The van der Waals surface area contributed by atoms with E-state index in [4.69, 9.17) is 4.74 Å². The molecule has 1 N–H and O–H groups in total. The number of carbonyl (C=O) groups excluding carboxylic acids is 2. The van der Waals surface area contributed by atoms with Gasteiger partial charge in [0, 0.05) is 19.1 Å². The van der Waals surface area contributed by atoms with E-state index in [2.05, 4.69) is 32.2 Å². The summed E-state index contributed by atoms with van der Waals surface area (Å²) in [7, 11) is 0. The van der Waals surface area contributed by atoms with Crippen molar-refractivity contribution in [2.24, 2.45) is 5.92 Å². The number of benzene rings is 1. The van der Waals surface area contributed by atoms with Crippen molar-refractivity contribution in [2.45, 2.75) is 71.4 Å². The summed E-state index contributed by atoms with van der Waals surface area (Å²) in [5, 5.41) is 3.06. The molecule has 3 rings (SSSR count). The first-order valence-electron chi connectivity index (χ1n) is 10.2. The molecule has 5 nitrogen and oxygen atoms in total. The molecule has 5 heteroatoms. The minimum absolute atomic E-state index is 0.0375. The average Bonchev–Trinajstić information content (AvgIpc) is 3.44. The molecule has 0 bridgehead atoms. The molecule has 2 aliphatic rings. The highest BCUT2D eigenvalue weighted by Gasteiger charge is 2.33. The quantitative estimate of drug-likeness (QED) is 0.833. The average molecular weight is 373 g/mol. The molecule has 1 aliphatic carbocycles. The largest absolute Gasteiger partial charge is 0.481 e. The molecular formula is C22H32N2O3. The van der Waals surface area contributed by atoms with Gasteiger partial charge in [-0.25, -0.2) is 0 Å². The van der Waals surface area contributed by atoms with Crippen LogP contribution in [0.25, 0.3) is 0 Å². The Hall–Kier alpha value is -2.04. The lowest BCUT2D eigenvalue weighted by Crippen LogP contribution is -2.49. The van der Waals surface area contributed by atoms with Crippen molar-refractivity contribution < 1.29 is 14.3 Å². The Morgan fingerprint density at radius 2 is 1.93 bits per heavy atom. The lowest BCUT2D eigenvalue weighted by Gasteiger charge is -2.33. The van der Waals surface area contributed by atoms with Crippen LogP contribution in [-0.4, -0.2) is 41.9 Å². The van der Waals surface area contributed by atoms with Crippen molar-refractivity contribution in [1.82, 2.24) is 10.2 Å². The number of piperidine rings is 1. The monoisotopic (exact) mass is 372 g/mol. The minimum Gasteiger partial charge on any atom is -0.481 e. The fourth-order valence-electron chi connectivity index (χ4n) is 3.82. The highest BCUT2D eigenvalue weighted by atomic mass is 16.5. The second kappa shape index (κ2) is 8.32. The van der Waals surface area contributed by atoms with Crippen molar-refractivity contribution >= 4 is 11.8 Å². The van der Waals surface area contributed by atoms with Crippen LogP contribution < -0.4 is 10.1 Å². The van der Waals surface area contributed by atoms with Gasteiger partial charge in [0.15, 0.2) is 6.10 Å². The van der Waals surface area contributed by atoms with Crippen LogP contribution in [-0.2, 0) is 9.59 Å². The predicted molar refractivity (Wildman–Crippen MR) is 106 cm³/mol. The van der Waals surface area contributed by atoms with Crippen LogP contribution in [0.2, 0.25) is 0 Å². The van der Waals surface area contributed by atoms with Gasteiger partial charge in [-0.1, -0.05) is 19.9 Å². The number of rotatable bonds is 6. The third-order valence-electron chi connectivity index (χ3n) is 5.55. The summed E-state index contributed by atoms with van der Waals surface area (Å²) in [6.45, 7) is 9.40. The van der Waals surface area contributed by atoms with E-state index in [0.717, 1.165) is 31.4 Å². The second-order valence-electron chi connectivity index (χ2n) is 8.34. The van der Waals surface area contributed by atoms with Gasteiger partial charge in [0.1, 0.15) is 5.75 Å². The van der Waals surface area contributed by atoms with E-state index in [9.17, 15) is 9.59 Å². The molecule has 1 aromatic carbocycles. The van der Waals surface area contributed by atoms with E-state index < -0.39 is 6.10 Å². The van der Waals surface area contributed by atoms with Crippen molar-refractivity contribution in [2.75, 3.05) is 13.1 Å². The molecule has 2 atom stereocenters. The summed E-state index contributed by atoms with van der Waals surface area (Å²) in [6.07, 6.45) is 3.33. The predicted octanol–water partition coefficient (Wildman–Crippen LogP) is 3.40. The molecule has 27 heavy (non-hydrogen) atoms. The minimum atomic E-state index is -0.556. The van der Waals surface area contributed by atoms with Gasteiger partial charge in [-0.2, -0.15) is 0 Å². The molecule has 2 amide bonds. The fourth-order valence-corrected chi connectivity index (χ4v) is 3.82. The van der Waals surface area contributed by atoms with E-state index in [1.807, 2.05) is 12.1 Å². The van der Waals surface area contributed by atoms with Gasteiger partial charge < -0.3 is 15.0 Å². The summed E-state index contributed by atoms with van der Waals surface area (Å²) < 4.78 is 5.92. The summed E-state index contributed by atoms with van der Waals surface area (Å²) in [6, 6.07) is 6.38. The number of amides is 2. The topological polar surface area (TPSA) is 58.6 Å². The standard InChI is InChI=1S/C22H32N2O3/c1-14(2)20-10-9-19(12-15(20)3)27-16(4)22(26)24-11-5-6-17(13-24)21(25)23-18-7-8-18/h9-10,12,14,16-18H,5-8,11,13H2,1-4H3,(H,23,25). The number of carbonyl (C=O) groups is 2. The number of nitrogens with one attached hydrogen (secondary N) is 1. The Bertz CT molecular complexity index is 697. The first-order valence-corrected chi connectivity index (χ1v) is 10.2. The first-order chi connectivity index (χ1) is 12.8. The van der Waals surface area contributed by atoms with Gasteiger partial charge >= 0.3 is 0 Å². The zero-order valence-electron chi connectivity index (χ0n) is 17.0. The highest BCUT2D eigenvalue weighted by Crippen LogP contribution is 2.25. The van der Waals surface area contributed by atoms with E-state index >= 15 is 0 Å². The number of hydrogen-bond donors (Lipinski definition) is 1. The van der Waals surface area contributed by atoms with Gasteiger partial charge in [-0.05, 0) is 68.7 Å². The van der Waals surface area contributed by atoms with Crippen LogP contribution in [0, 0.1) is 12.8 Å². The van der Waals surface area contributed by atoms with Crippen molar-refractivity contribution in [1.29, 1.82) is 0 Å². The maximum absolute atomic E-state index is 12.8. The van der Waals surface area contributed by atoms with Gasteiger partial charge in [0.25, 0.3) is 5.91 Å². The highest BCUT2D eigenvalue weighted by molar-refractivity contribution is 5.83. The molecule has 0 spiro atoms. The van der Waals surface area contributed by atoms with Crippen LogP contribution in [0.15, 0.2) is 18.2 Å². The van der Waals surface area contributed by atoms with Crippen LogP contribution in [0.3, 0.4) is 0 Å². The Morgan fingerprint density at radius 3 is 2.56 bits per heavy atom. The van der Waals surface area contributed by atoms with E-state index in [1.165, 1.54) is 11.1 Å². The SMILES string of the molecule is Cc1cc(OC(C)C(=O)N2CCCC(C(=O)NC3CC3)C2)ccc1C(C)C. The van der Waals surface area contributed by atoms with Crippen LogP contribution in [0.5, 0.6) is 5.75 Å². The number of aryl methyl sites for hydroxylation is 1. The molecule has 0 radical (unpaired) electrons. The molecule has 1 saturated carbocycles. The lowest BCUT2D eigenvalue weighted by molar-refractivity contribution is -0.141. The summed E-state index contributed by atoms with van der Waals surface area (Å²) in [4.78, 5) is 26.9. The van der Waals surface area contributed by atoms with Gasteiger partial charge in [-0.3, -0.25) is 9.59 Å². The summed E-state index contributed by atoms with van der Waals surface area (Å²) in [5.74, 6) is 1.15. The fraction of sp³-hybridized carbons (Fsp3) is 0.636. The molecule has 1 aliphatic heterocycles. The van der Waals surface area contributed by atoms with Crippen LogP contribution in [0.4, 0.5) is 0 Å². The smallest absolute Gasteiger partial charge is 0.263 e. The summed E-state index contributed by atoms with van der Waals surface area (Å²) in [5.41, 5.74) is 2.47. The van der Waals surface area contributed by atoms with Gasteiger partial charge in [-0.15, -0.1) is 0 Å². The molecule has 0 aromatic heterocycles. The summed E-state index contributed by atoms with van der Waals surface area (Å²) >= 11 is 0. The molecule has 1 aromatic rings. The normalized spacial score (nSPS) is 21.1. The van der Waals surface area contributed by atoms with Crippen molar-refractivity contribution in [3.05, 3.63) is 29.3 Å². The number of ether oxygens (including phenoxy) is 1. The molecule has 1 heterocycles. The van der Waals surface area contributed by atoms with Crippen molar-refractivity contribution in [3.63, 3.8) is 0 Å². The van der Waals surface area contributed by atoms with Crippen molar-refractivity contribution in [3.8, 4) is 5.75 Å². The second-order valence-corrected chi connectivity index (χ2v) is 8.34. The van der Waals surface area contributed by atoms with E-state index in [0.29, 0.717) is 25.0 Å². The van der Waals surface area contributed by atoms with Crippen LogP contribution >= 0.6 is 0 Å². The Kier molecular flexibility index (Phi) is 6.08. The molecule has 2 unspecified atom stereocenters. The molecule has 1 saturated heterocycles. The lowest BCUT2D eigenvalue weighted by atomic mass is 9.96. The Morgan fingerprint density at radius 1 is 1.19 bits per heavy atom. The van der Waals surface area contributed by atoms with E-state index in [-0.39, 0.29) is 17.7 Å². The van der Waals surface area contributed by atoms with E-state index in [1.54, 1.807) is 11.8 Å². The first kappa shape index (κ1) is 19.7. The number of hydrogen-bond acceptors (Lipinski definition) is 3. The van der Waals surface area contributed by atoms with Gasteiger partial charge in [0.2, 0.25) is 5.91 Å².